The lowest BCUT2D eigenvalue weighted by Crippen LogP contribution is -2.53. The summed E-state index contributed by atoms with van der Waals surface area (Å²) in [6.07, 6.45) is 1.54. The molecule has 24 heavy (non-hydrogen) atoms. The van der Waals surface area contributed by atoms with Gasteiger partial charge in [-0.05, 0) is 30.7 Å². The molecule has 2 heterocycles. The van der Waals surface area contributed by atoms with E-state index in [1.54, 1.807) is 11.4 Å². The Kier molecular flexibility index (Phi) is 5.18. The Morgan fingerprint density at radius 3 is 2.79 bits per heavy atom. The quantitative estimate of drug-likeness (QED) is 0.700. The molecule has 10 heteroatoms. The minimum absolute atomic E-state index is 0.0679. The Hall–Kier alpha value is -1.49. The molecule has 1 aromatic rings. The van der Waals surface area contributed by atoms with Crippen molar-refractivity contribution in [2.24, 2.45) is 0 Å². The van der Waals surface area contributed by atoms with E-state index in [4.69, 9.17) is 4.74 Å². The third-order valence-electron chi connectivity index (χ3n) is 3.77. The molecule has 1 saturated carbocycles. The van der Waals surface area contributed by atoms with Crippen LogP contribution < -0.4 is 10.6 Å². The van der Waals surface area contributed by atoms with Crippen molar-refractivity contribution >= 4 is 33.2 Å². The zero-order chi connectivity index (χ0) is 17.2. The maximum Gasteiger partial charge on any atom is 0.309 e. The standard InChI is InChI=1S/C14H19N3O5S2/c18-13(14(19)16-10-4-5-10)15-9-11-17(6-2-7-22-11)24(20,21)12-3-1-8-23-12/h1,3,8,10-11H,2,4-7,9H2,(H,15,18)(H,16,19)/t11-/m0/s1. The van der Waals surface area contributed by atoms with Crippen molar-refractivity contribution in [2.45, 2.75) is 35.7 Å². The predicted octanol–water partition coefficient (Wildman–Crippen LogP) is -0.120. The van der Waals surface area contributed by atoms with Crippen molar-refractivity contribution in [1.82, 2.24) is 14.9 Å². The van der Waals surface area contributed by atoms with Gasteiger partial charge in [0.05, 0.1) is 13.2 Å². The van der Waals surface area contributed by atoms with Gasteiger partial charge in [-0.3, -0.25) is 9.59 Å². The topological polar surface area (TPSA) is 105 Å². The van der Waals surface area contributed by atoms with Gasteiger partial charge in [-0.2, -0.15) is 4.31 Å². The molecule has 2 amide bonds. The molecule has 1 aliphatic heterocycles. The van der Waals surface area contributed by atoms with E-state index in [2.05, 4.69) is 10.6 Å². The normalized spacial score (nSPS) is 22.1. The molecule has 132 valence electrons. The summed E-state index contributed by atoms with van der Waals surface area (Å²) in [5.41, 5.74) is 0. The number of hydrogen-bond acceptors (Lipinski definition) is 6. The first kappa shape index (κ1) is 17.3. The van der Waals surface area contributed by atoms with E-state index in [0.717, 1.165) is 24.2 Å². The van der Waals surface area contributed by atoms with Gasteiger partial charge in [0.25, 0.3) is 10.0 Å². The minimum atomic E-state index is -3.67. The fourth-order valence-electron chi connectivity index (χ4n) is 2.37. The van der Waals surface area contributed by atoms with Gasteiger partial charge in [-0.1, -0.05) is 6.07 Å². The molecule has 1 atom stereocenters. The van der Waals surface area contributed by atoms with E-state index in [1.165, 1.54) is 10.4 Å². The molecule has 3 rings (SSSR count). The second kappa shape index (κ2) is 7.18. The van der Waals surface area contributed by atoms with Gasteiger partial charge < -0.3 is 15.4 Å². The maximum atomic E-state index is 12.7. The summed E-state index contributed by atoms with van der Waals surface area (Å²) in [5, 5.41) is 6.73. The van der Waals surface area contributed by atoms with E-state index in [0.29, 0.717) is 19.6 Å². The van der Waals surface area contributed by atoms with Crippen molar-refractivity contribution in [3.63, 3.8) is 0 Å². The molecule has 0 aromatic carbocycles. The summed E-state index contributed by atoms with van der Waals surface area (Å²) in [7, 11) is -3.67. The highest BCUT2D eigenvalue weighted by molar-refractivity contribution is 7.91. The van der Waals surface area contributed by atoms with Gasteiger partial charge in [-0.25, -0.2) is 8.42 Å². The molecule has 0 spiro atoms. The van der Waals surface area contributed by atoms with E-state index < -0.39 is 28.1 Å². The van der Waals surface area contributed by atoms with Gasteiger partial charge in [0.15, 0.2) is 0 Å². The Bertz CT molecular complexity index is 700. The van der Waals surface area contributed by atoms with Gasteiger partial charge in [0.2, 0.25) is 0 Å². The van der Waals surface area contributed by atoms with Crippen LogP contribution in [0.4, 0.5) is 0 Å². The SMILES string of the molecule is O=C(NC[C@@H]1OCCCN1S(=O)(=O)c1cccs1)C(=O)NC1CC1. The Morgan fingerprint density at radius 2 is 2.12 bits per heavy atom. The molecule has 1 aromatic heterocycles. The molecule has 0 bridgehead atoms. The largest absolute Gasteiger partial charge is 0.360 e. The van der Waals surface area contributed by atoms with E-state index in [1.807, 2.05) is 0 Å². The average molecular weight is 373 g/mol. The molecular formula is C14H19N3O5S2. The van der Waals surface area contributed by atoms with Crippen molar-refractivity contribution in [2.75, 3.05) is 19.7 Å². The lowest BCUT2D eigenvalue weighted by Gasteiger charge is -2.34. The lowest BCUT2D eigenvalue weighted by molar-refractivity contribution is -0.140. The van der Waals surface area contributed by atoms with Crippen LogP contribution in [0.1, 0.15) is 19.3 Å². The Labute approximate surface area is 144 Å². The minimum Gasteiger partial charge on any atom is -0.360 e. The molecule has 2 N–H and O–H groups in total. The number of amides is 2. The first-order valence-corrected chi connectivity index (χ1v) is 10.1. The first-order valence-electron chi connectivity index (χ1n) is 7.74. The van der Waals surface area contributed by atoms with Gasteiger partial charge in [-0.15, -0.1) is 11.3 Å². The second-order valence-electron chi connectivity index (χ2n) is 5.68. The number of hydrogen-bond donors (Lipinski definition) is 2. The summed E-state index contributed by atoms with van der Waals surface area (Å²) in [5.74, 6) is -1.47. The highest BCUT2D eigenvalue weighted by atomic mass is 32.2. The highest BCUT2D eigenvalue weighted by Gasteiger charge is 2.35. The summed E-state index contributed by atoms with van der Waals surface area (Å²) in [6, 6.07) is 3.29. The number of carbonyl (C=O) groups excluding carboxylic acids is 2. The number of ether oxygens (including phenoxy) is 1. The molecule has 2 aliphatic rings. The maximum absolute atomic E-state index is 12.7. The van der Waals surface area contributed by atoms with E-state index >= 15 is 0 Å². The number of nitrogens with one attached hydrogen (secondary N) is 2. The zero-order valence-corrected chi connectivity index (χ0v) is 14.6. The summed E-state index contributed by atoms with van der Waals surface area (Å²) in [4.78, 5) is 23.4. The summed E-state index contributed by atoms with van der Waals surface area (Å²) < 4.78 is 32.3. The number of nitrogens with zero attached hydrogens (tertiary/aromatic N) is 1. The lowest BCUT2D eigenvalue weighted by atomic mass is 10.3. The van der Waals surface area contributed by atoms with Crippen molar-refractivity contribution < 1.29 is 22.7 Å². The molecular weight excluding hydrogens is 354 g/mol. The van der Waals surface area contributed by atoms with Crippen molar-refractivity contribution in [1.29, 1.82) is 0 Å². The van der Waals surface area contributed by atoms with Crippen LogP contribution >= 0.6 is 11.3 Å². The van der Waals surface area contributed by atoms with Crippen molar-refractivity contribution in [3.05, 3.63) is 17.5 Å². The number of sulfonamides is 1. The smallest absolute Gasteiger partial charge is 0.309 e. The number of thiophene rings is 1. The fourth-order valence-corrected chi connectivity index (χ4v) is 5.05. The zero-order valence-electron chi connectivity index (χ0n) is 12.9. The van der Waals surface area contributed by atoms with E-state index in [-0.39, 0.29) is 16.8 Å². The average Bonchev–Trinajstić information content (AvgIpc) is 3.20. The molecule has 8 nitrogen and oxygen atoms in total. The Morgan fingerprint density at radius 1 is 1.33 bits per heavy atom. The summed E-state index contributed by atoms with van der Waals surface area (Å²) >= 11 is 1.13. The van der Waals surface area contributed by atoms with Gasteiger partial charge in [0.1, 0.15) is 10.4 Å². The predicted molar refractivity (Wildman–Crippen MR) is 86.7 cm³/mol. The van der Waals surface area contributed by atoms with Crippen LogP contribution in [-0.4, -0.2) is 56.5 Å². The first-order chi connectivity index (χ1) is 11.5. The fraction of sp³-hybridized carbons (Fsp3) is 0.571. The van der Waals surface area contributed by atoms with Crippen molar-refractivity contribution in [3.8, 4) is 0 Å². The molecule has 1 aliphatic carbocycles. The van der Waals surface area contributed by atoms with Gasteiger partial charge >= 0.3 is 11.8 Å². The van der Waals surface area contributed by atoms with E-state index in [9.17, 15) is 18.0 Å². The van der Waals surface area contributed by atoms with Crippen LogP contribution in [0.2, 0.25) is 0 Å². The molecule has 1 saturated heterocycles. The van der Waals surface area contributed by atoms with Gasteiger partial charge in [0, 0.05) is 12.6 Å². The third kappa shape index (κ3) is 3.94. The summed E-state index contributed by atoms with van der Waals surface area (Å²) in [6.45, 7) is 0.655. The van der Waals surface area contributed by atoms with Crippen LogP contribution in [-0.2, 0) is 24.3 Å². The molecule has 0 unspecified atom stereocenters. The Balaban J connectivity index is 1.62. The van der Waals surface area contributed by atoms with Crippen LogP contribution in [0.5, 0.6) is 0 Å². The monoisotopic (exact) mass is 373 g/mol. The van der Waals surface area contributed by atoms with Crippen LogP contribution in [0.15, 0.2) is 21.7 Å². The van der Waals surface area contributed by atoms with Crippen LogP contribution in [0.3, 0.4) is 0 Å². The number of carbonyl (C=O) groups is 2. The van der Waals surface area contributed by atoms with Crippen LogP contribution in [0, 0.1) is 0 Å². The molecule has 0 radical (unpaired) electrons. The van der Waals surface area contributed by atoms with Crippen LogP contribution in [0.25, 0.3) is 0 Å². The highest BCUT2D eigenvalue weighted by Crippen LogP contribution is 2.25. The second-order valence-corrected chi connectivity index (χ2v) is 8.75. The third-order valence-corrected chi connectivity index (χ3v) is 7.03. The molecule has 2 fully saturated rings. The number of rotatable bonds is 5.